The molecule has 0 aliphatic carbocycles. The van der Waals surface area contributed by atoms with Crippen LogP contribution in [0.3, 0.4) is 0 Å². The van der Waals surface area contributed by atoms with Crippen molar-refractivity contribution in [2.75, 3.05) is 31.1 Å². The van der Waals surface area contributed by atoms with Crippen LogP contribution in [0.25, 0.3) is 0 Å². The molecule has 1 aromatic heterocycles. The summed E-state index contributed by atoms with van der Waals surface area (Å²) in [6.07, 6.45) is 3.31. The van der Waals surface area contributed by atoms with Gasteiger partial charge >= 0.3 is 0 Å². The van der Waals surface area contributed by atoms with Crippen molar-refractivity contribution in [1.29, 1.82) is 0 Å². The molecule has 1 N–H and O–H groups in total. The molecular weight excluding hydrogens is 455 g/mol. The molecule has 0 amide bonds. The second-order valence-electron chi connectivity index (χ2n) is 7.69. The van der Waals surface area contributed by atoms with Crippen LogP contribution in [-0.2, 0) is 20.0 Å². The van der Waals surface area contributed by atoms with Crippen molar-refractivity contribution in [3.05, 3.63) is 48.4 Å². The molecule has 0 atom stereocenters. The van der Waals surface area contributed by atoms with Crippen molar-refractivity contribution < 1.29 is 21.2 Å². The van der Waals surface area contributed by atoms with Gasteiger partial charge in [0, 0.05) is 38.4 Å². The van der Waals surface area contributed by atoms with E-state index in [-0.39, 0.29) is 22.4 Å². The summed E-state index contributed by atoms with van der Waals surface area (Å²) in [7, 11) is -7.36. The molecular formula is C21H29FN4O4S2. The molecule has 2 heterocycles. The minimum Gasteiger partial charge on any atom is -0.355 e. The summed E-state index contributed by atoms with van der Waals surface area (Å²) in [5.41, 5.74) is 0. The summed E-state index contributed by atoms with van der Waals surface area (Å²) in [5, 5.41) is 0. The van der Waals surface area contributed by atoms with Crippen LogP contribution in [0.2, 0.25) is 0 Å². The summed E-state index contributed by atoms with van der Waals surface area (Å²) in [6.45, 7) is 5.43. The van der Waals surface area contributed by atoms with Gasteiger partial charge in [-0.3, -0.25) is 0 Å². The normalized spacial score (nSPS) is 16.3. The Morgan fingerprint density at radius 1 is 0.938 bits per heavy atom. The number of pyridine rings is 1. The van der Waals surface area contributed by atoms with E-state index in [1.807, 2.05) is 18.7 Å². The van der Waals surface area contributed by atoms with Crippen LogP contribution in [0.1, 0.15) is 33.1 Å². The van der Waals surface area contributed by atoms with Crippen LogP contribution < -0.4 is 9.62 Å². The Hall–Kier alpha value is -2.08. The minimum atomic E-state index is -3.72. The predicted molar refractivity (Wildman–Crippen MR) is 121 cm³/mol. The quantitative estimate of drug-likeness (QED) is 0.618. The van der Waals surface area contributed by atoms with Gasteiger partial charge in [-0.05, 0) is 55.7 Å². The number of rotatable bonds is 8. The Kier molecular flexibility index (Phi) is 7.86. The van der Waals surface area contributed by atoms with Crippen LogP contribution in [0.4, 0.5) is 10.2 Å². The maximum Gasteiger partial charge on any atom is 0.243 e. The van der Waals surface area contributed by atoms with Gasteiger partial charge in [-0.1, -0.05) is 13.8 Å². The first-order valence-corrected chi connectivity index (χ1v) is 13.6. The summed E-state index contributed by atoms with van der Waals surface area (Å²) in [4.78, 5) is 6.42. The van der Waals surface area contributed by atoms with E-state index >= 15 is 0 Å². The first-order valence-electron chi connectivity index (χ1n) is 10.7. The first kappa shape index (κ1) is 24.6. The Morgan fingerprint density at radius 3 is 2.19 bits per heavy atom. The van der Waals surface area contributed by atoms with Gasteiger partial charge < -0.3 is 4.90 Å². The molecule has 0 bridgehead atoms. The number of hydrogen-bond donors (Lipinski definition) is 1. The number of benzene rings is 1. The van der Waals surface area contributed by atoms with Gasteiger partial charge in [0.05, 0.1) is 4.90 Å². The van der Waals surface area contributed by atoms with Crippen molar-refractivity contribution >= 4 is 25.9 Å². The van der Waals surface area contributed by atoms with Crippen molar-refractivity contribution in [2.45, 2.75) is 48.9 Å². The molecule has 2 aromatic rings. The zero-order chi connectivity index (χ0) is 23.4. The highest BCUT2D eigenvalue weighted by atomic mass is 32.2. The molecule has 1 fully saturated rings. The van der Waals surface area contributed by atoms with E-state index < -0.39 is 25.9 Å². The van der Waals surface area contributed by atoms with Gasteiger partial charge in [-0.15, -0.1) is 0 Å². The van der Waals surface area contributed by atoms with Crippen molar-refractivity contribution in [2.24, 2.45) is 0 Å². The van der Waals surface area contributed by atoms with E-state index in [1.165, 1.54) is 28.7 Å². The van der Waals surface area contributed by atoms with Crippen LogP contribution in [-0.4, -0.2) is 58.3 Å². The summed E-state index contributed by atoms with van der Waals surface area (Å²) < 4.78 is 68.1. The fraction of sp³-hybridized carbons (Fsp3) is 0.476. The number of aromatic nitrogens is 1. The lowest BCUT2D eigenvalue weighted by Gasteiger charge is -2.23. The lowest BCUT2D eigenvalue weighted by atomic mass is 10.2. The molecule has 32 heavy (non-hydrogen) atoms. The summed E-state index contributed by atoms with van der Waals surface area (Å²) in [6, 6.07) is 7.84. The van der Waals surface area contributed by atoms with Gasteiger partial charge in [-0.2, -0.15) is 4.31 Å². The topological polar surface area (TPSA) is 99.7 Å². The minimum absolute atomic E-state index is 0.0602. The van der Waals surface area contributed by atoms with Crippen molar-refractivity contribution in [3.8, 4) is 0 Å². The highest BCUT2D eigenvalue weighted by Crippen LogP contribution is 2.21. The third-order valence-electron chi connectivity index (χ3n) is 5.57. The maximum atomic E-state index is 13.2. The summed E-state index contributed by atoms with van der Waals surface area (Å²) in [5.74, 6) is 0.102. The molecule has 1 aromatic carbocycles. The molecule has 0 unspecified atom stereocenters. The number of nitrogens with zero attached hydrogens (tertiary/aromatic N) is 3. The zero-order valence-corrected chi connectivity index (χ0v) is 19.9. The lowest BCUT2D eigenvalue weighted by Crippen LogP contribution is -2.35. The molecule has 1 aliphatic rings. The first-order chi connectivity index (χ1) is 15.2. The van der Waals surface area contributed by atoms with Gasteiger partial charge in [0.15, 0.2) is 0 Å². The predicted octanol–water partition coefficient (Wildman–Crippen LogP) is 2.59. The average molecular weight is 485 g/mol. The number of halogens is 1. The van der Waals surface area contributed by atoms with Crippen LogP contribution in [0.15, 0.2) is 52.4 Å². The zero-order valence-electron chi connectivity index (χ0n) is 18.2. The maximum absolute atomic E-state index is 13.2. The molecule has 0 radical (unpaired) electrons. The Balaban J connectivity index is 1.69. The SMILES string of the molecule is CCC(CC)NS(=O)(=O)c1ccc(N2CCCN(S(=O)(=O)c3ccc(F)cc3)CC2)nc1. The van der Waals surface area contributed by atoms with Crippen molar-refractivity contribution in [3.63, 3.8) is 0 Å². The van der Waals surface area contributed by atoms with E-state index in [0.29, 0.717) is 44.7 Å². The summed E-state index contributed by atoms with van der Waals surface area (Å²) >= 11 is 0. The molecule has 176 valence electrons. The number of nitrogens with one attached hydrogen (secondary N) is 1. The third-order valence-corrected chi connectivity index (χ3v) is 8.99. The van der Waals surface area contributed by atoms with E-state index in [9.17, 15) is 21.2 Å². The second-order valence-corrected chi connectivity index (χ2v) is 11.3. The Morgan fingerprint density at radius 2 is 1.59 bits per heavy atom. The number of sulfonamides is 2. The highest BCUT2D eigenvalue weighted by molar-refractivity contribution is 7.89. The van der Waals surface area contributed by atoms with Gasteiger partial charge in [0.25, 0.3) is 0 Å². The van der Waals surface area contributed by atoms with E-state index in [4.69, 9.17) is 0 Å². The van der Waals surface area contributed by atoms with Gasteiger partial charge in [0.2, 0.25) is 20.0 Å². The van der Waals surface area contributed by atoms with E-state index in [2.05, 4.69) is 9.71 Å². The molecule has 8 nitrogen and oxygen atoms in total. The monoisotopic (exact) mass is 484 g/mol. The highest BCUT2D eigenvalue weighted by Gasteiger charge is 2.27. The van der Waals surface area contributed by atoms with E-state index in [1.54, 1.807) is 6.07 Å². The lowest BCUT2D eigenvalue weighted by molar-refractivity contribution is 0.433. The standard InChI is InChI=1S/C21H29FN4O4S2/c1-3-18(4-2)24-31(27,28)20-10-11-21(23-16-20)25-12-5-13-26(15-14-25)32(29,30)19-8-6-17(22)7-9-19/h6-11,16,18,24H,3-5,12-15H2,1-2H3. The van der Waals surface area contributed by atoms with E-state index in [0.717, 1.165) is 12.1 Å². The molecule has 3 rings (SSSR count). The molecule has 1 aliphatic heterocycles. The molecule has 0 spiro atoms. The molecule has 1 saturated heterocycles. The van der Waals surface area contributed by atoms with Crippen LogP contribution >= 0.6 is 0 Å². The smallest absolute Gasteiger partial charge is 0.243 e. The van der Waals surface area contributed by atoms with Gasteiger partial charge in [-0.25, -0.2) is 30.9 Å². The fourth-order valence-electron chi connectivity index (χ4n) is 3.58. The van der Waals surface area contributed by atoms with Crippen molar-refractivity contribution in [1.82, 2.24) is 14.0 Å². The Labute approximate surface area is 189 Å². The van der Waals surface area contributed by atoms with Gasteiger partial charge in [0.1, 0.15) is 16.5 Å². The average Bonchev–Trinajstić information content (AvgIpc) is 3.05. The largest absolute Gasteiger partial charge is 0.355 e. The fourth-order valence-corrected chi connectivity index (χ4v) is 6.40. The Bertz CT molecular complexity index is 1100. The third kappa shape index (κ3) is 5.64. The van der Waals surface area contributed by atoms with Crippen LogP contribution in [0, 0.1) is 5.82 Å². The second kappa shape index (κ2) is 10.2. The van der Waals surface area contributed by atoms with Crippen LogP contribution in [0.5, 0.6) is 0 Å². The number of anilines is 1. The molecule has 0 saturated carbocycles. The number of hydrogen-bond acceptors (Lipinski definition) is 6. The molecule has 11 heteroatoms.